The Kier molecular flexibility index (Phi) is 3.45. The minimum Gasteiger partial charge on any atom is -0.265 e. The molecule has 0 spiro atoms. The minimum atomic E-state index is -0.161. The van der Waals surface area contributed by atoms with Crippen LogP contribution < -0.4 is 4.06 Å². The van der Waals surface area contributed by atoms with E-state index >= 15 is 0 Å². The molecule has 2 bridgehead atoms. The van der Waals surface area contributed by atoms with Gasteiger partial charge in [0, 0.05) is 23.0 Å². The van der Waals surface area contributed by atoms with Crippen LogP contribution in [0.25, 0.3) is 11.1 Å². The van der Waals surface area contributed by atoms with Crippen LogP contribution in [0.15, 0.2) is 28.1 Å². The Bertz CT molecular complexity index is 1000. The van der Waals surface area contributed by atoms with E-state index in [2.05, 4.69) is 12.2 Å². The lowest BCUT2D eigenvalue weighted by Gasteiger charge is -2.36. The number of allylic oxidation sites excluding steroid dienone is 6. The van der Waals surface area contributed by atoms with E-state index in [4.69, 9.17) is 0 Å². The average Bonchev–Trinajstić information content (AvgIpc) is 3.32. The Morgan fingerprint density at radius 1 is 0.840 bits per heavy atom. The fourth-order valence-electron chi connectivity index (χ4n) is 4.40. The van der Waals surface area contributed by atoms with Gasteiger partial charge in [0.2, 0.25) is 0 Å². The van der Waals surface area contributed by atoms with Gasteiger partial charge in [-0.25, -0.2) is 0 Å². The summed E-state index contributed by atoms with van der Waals surface area (Å²) in [5, 5.41) is 37.7. The quantitative estimate of drug-likeness (QED) is 0.521. The third kappa shape index (κ3) is 1.98. The molecule has 3 aliphatic carbocycles. The number of hydrogen-bond acceptors (Lipinski definition) is 7. The summed E-state index contributed by atoms with van der Waals surface area (Å²) in [6.07, 6.45) is 5.06. The predicted octanol–water partition coefficient (Wildman–Crippen LogP) is 3.22. The maximum atomic E-state index is 12.1. The first-order valence-corrected chi connectivity index (χ1v) is 9.19. The fraction of sp³-hybridized carbons (Fsp3) is 0.278. The molecule has 5 nitrogen and oxygen atoms in total. The highest BCUT2D eigenvalue weighted by atomic mass is 32.2. The summed E-state index contributed by atoms with van der Waals surface area (Å²) >= 11 is 2.00. The summed E-state index contributed by atoms with van der Waals surface area (Å²) in [6.45, 7) is 0. The van der Waals surface area contributed by atoms with Crippen LogP contribution in [0, 0.1) is 69.0 Å². The van der Waals surface area contributed by atoms with Crippen LogP contribution in [0.1, 0.15) is 16.2 Å². The van der Waals surface area contributed by atoms with Crippen molar-refractivity contribution in [1.29, 1.82) is 21.0 Å². The molecule has 1 heterocycles. The van der Waals surface area contributed by atoms with Crippen molar-refractivity contribution in [3.8, 4) is 24.3 Å². The second kappa shape index (κ2) is 5.54. The largest absolute Gasteiger partial charge is 0.288 e. The van der Waals surface area contributed by atoms with Crippen molar-refractivity contribution < 1.29 is 0 Å². The highest BCUT2D eigenvalue weighted by Gasteiger charge is 2.53. The molecule has 25 heavy (non-hydrogen) atoms. The van der Waals surface area contributed by atoms with Crippen LogP contribution in [0.5, 0.6) is 0 Å². The molecule has 0 radical (unpaired) electrons. The van der Waals surface area contributed by atoms with Gasteiger partial charge in [-0.3, -0.25) is 4.79 Å². The van der Waals surface area contributed by atoms with Gasteiger partial charge in [0.15, 0.2) is 0 Å². The van der Waals surface area contributed by atoms with Gasteiger partial charge in [-0.2, -0.15) is 21.0 Å². The van der Waals surface area contributed by atoms with Gasteiger partial charge in [-0.05, 0) is 18.3 Å². The molecule has 0 aromatic carbocycles. The van der Waals surface area contributed by atoms with E-state index in [1.165, 1.54) is 0 Å². The number of nitriles is 4. The molecule has 1 aromatic rings. The lowest BCUT2D eigenvalue weighted by molar-refractivity contribution is 0.468. The summed E-state index contributed by atoms with van der Waals surface area (Å²) in [6, 6.07) is 7.89. The second-order valence-electron chi connectivity index (χ2n) is 6.14. The molecule has 4 rings (SSSR count). The third-order valence-electron chi connectivity index (χ3n) is 5.18. The molecule has 0 saturated heterocycles. The van der Waals surface area contributed by atoms with E-state index in [0.717, 1.165) is 29.1 Å². The van der Waals surface area contributed by atoms with Crippen molar-refractivity contribution in [2.75, 3.05) is 0 Å². The Morgan fingerprint density at radius 2 is 1.24 bits per heavy atom. The zero-order valence-corrected chi connectivity index (χ0v) is 14.3. The number of rotatable bonds is 0. The molecule has 0 amide bonds. The number of nitrogens with zero attached hydrogens (tertiary/aromatic N) is 4. The van der Waals surface area contributed by atoms with Gasteiger partial charge in [-0.1, -0.05) is 34.8 Å². The zero-order chi connectivity index (χ0) is 17.7. The number of fused-ring (bicyclic) bond motifs is 6. The molecule has 0 N–H and O–H groups in total. The lowest BCUT2D eigenvalue weighted by atomic mass is 9.68. The first kappa shape index (κ1) is 15.6. The van der Waals surface area contributed by atoms with Crippen molar-refractivity contribution in [1.82, 2.24) is 0 Å². The van der Waals surface area contributed by atoms with E-state index in [1.807, 2.05) is 24.3 Å². The molecule has 1 aromatic heterocycles. The molecule has 1 saturated carbocycles. The third-order valence-corrected chi connectivity index (χ3v) is 7.40. The van der Waals surface area contributed by atoms with Crippen molar-refractivity contribution in [3.05, 3.63) is 41.9 Å². The topological polar surface area (TPSA) is 112 Å². The highest BCUT2D eigenvalue weighted by molar-refractivity contribution is 7.29. The second-order valence-corrected chi connectivity index (χ2v) is 8.36. The Labute approximate surface area is 151 Å². The van der Waals surface area contributed by atoms with Gasteiger partial charge >= 0.3 is 0 Å². The van der Waals surface area contributed by atoms with Crippen molar-refractivity contribution in [2.45, 2.75) is 6.42 Å². The molecular formula is C18H8N4OS2. The standard InChI is InChI=1S/C18H8N4OS2/c19-4-10(5-20)14-12-8-1-2-9(3-8)13(12)15(11(6-21)7-22)17-16(14)24-18(23)25-17/h1-2,8-9,12-13H,3H2/t8-,9+,12?,13?. The van der Waals surface area contributed by atoms with E-state index in [1.54, 1.807) is 0 Å². The molecule has 7 heteroatoms. The molecule has 1 fully saturated rings. The molecule has 3 aliphatic rings. The Morgan fingerprint density at radius 3 is 1.60 bits per heavy atom. The van der Waals surface area contributed by atoms with Crippen molar-refractivity contribution in [3.63, 3.8) is 0 Å². The smallest absolute Gasteiger partial charge is 0.265 e. The molecule has 0 aliphatic heterocycles. The minimum absolute atomic E-state index is 0.0285. The Hall–Kier alpha value is -2.97. The number of hydrogen-bond donors (Lipinski definition) is 0. The fourth-order valence-corrected chi connectivity index (χ4v) is 6.75. The van der Waals surface area contributed by atoms with Crippen LogP contribution >= 0.6 is 22.7 Å². The molecule has 2 unspecified atom stereocenters. The monoisotopic (exact) mass is 360 g/mol. The van der Waals surface area contributed by atoms with Gasteiger partial charge in [-0.15, -0.1) is 0 Å². The summed E-state index contributed by atoms with van der Waals surface area (Å²) < 4.78 is -0.161. The van der Waals surface area contributed by atoms with Crippen LogP contribution in [0.2, 0.25) is 0 Å². The maximum Gasteiger partial charge on any atom is 0.288 e. The van der Waals surface area contributed by atoms with Crippen LogP contribution in [0.4, 0.5) is 0 Å². The predicted molar refractivity (Wildman–Crippen MR) is 92.5 cm³/mol. The van der Waals surface area contributed by atoms with Crippen molar-refractivity contribution >= 4 is 33.8 Å². The van der Waals surface area contributed by atoms with Crippen LogP contribution in [-0.2, 0) is 0 Å². The maximum absolute atomic E-state index is 12.1. The Balaban J connectivity index is 2.15. The summed E-state index contributed by atoms with van der Waals surface area (Å²) in [5.41, 5.74) is 1.31. The van der Waals surface area contributed by atoms with E-state index < -0.39 is 0 Å². The van der Waals surface area contributed by atoms with Gasteiger partial charge < -0.3 is 0 Å². The lowest BCUT2D eigenvalue weighted by Crippen LogP contribution is -2.27. The normalized spacial score (nSPS) is 27.5. The molecular weight excluding hydrogens is 352 g/mol. The van der Waals surface area contributed by atoms with Crippen LogP contribution in [-0.4, -0.2) is 0 Å². The molecule has 4 atom stereocenters. The summed E-state index contributed by atoms with van der Waals surface area (Å²) in [7, 11) is 0. The van der Waals surface area contributed by atoms with Gasteiger partial charge in [0.25, 0.3) is 4.06 Å². The van der Waals surface area contributed by atoms with E-state index in [-0.39, 0.29) is 38.9 Å². The van der Waals surface area contributed by atoms with E-state index in [9.17, 15) is 25.8 Å². The zero-order valence-electron chi connectivity index (χ0n) is 12.7. The average molecular weight is 360 g/mol. The van der Waals surface area contributed by atoms with Crippen molar-refractivity contribution in [2.24, 2.45) is 23.7 Å². The van der Waals surface area contributed by atoms with Gasteiger partial charge in [0.05, 0.1) is 9.75 Å². The summed E-state index contributed by atoms with van der Waals surface area (Å²) in [4.78, 5) is 13.3. The van der Waals surface area contributed by atoms with E-state index in [0.29, 0.717) is 20.9 Å². The summed E-state index contributed by atoms with van der Waals surface area (Å²) in [5.74, 6) is 0.0545. The first-order chi connectivity index (χ1) is 12.1. The first-order valence-electron chi connectivity index (χ1n) is 7.56. The molecule has 118 valence electrons. The highest BCUT2D eigenvalue weighted by Crippen LogP contribution is 2.63. The SMILES string of the molecule is N#CC(C#N)=C1c2sc(=O)sc2C(=C(C#N)C#N)C2C1[C@@H]1C=C[C@H]2C1. The van der Waals surface area contributed by atoms with Crippen LogP contribution in [0.3, 0.4) is 0 Å². The van der Waals surface area contributed by atoms with Gasteiger partial charge in [0.1, 0.15) is 35.4 Å².